The number of para-hydroxylation sites is 1. The van der Waals surface area contributed by atoms with Crippen LogP contribution in [0.3, 0.4) is 0 Å². The summed E-state index contributed by atoms with van der Waals surface area (Å²) >= 11 is 1.41. The van der Waals surface area contributed by atoms with Gasteiger partial charge >= 0.3 is 5.97 Å². The highest BCUT2D eigenvalue weighted by Gasteiger charge is 2.28. The summed E-state index contributed by atoms with van der Waals surface area (Å²) in [4.78, 5) is 32.3. The Morgan fingerprint density at radius 1 is 1.09 bits per heavy atom. The third-order valence-electron chi connectivity index (χ3n) is 6.10. The smallest absolute Gasteiger partial charge is 0.341 e. The van der Waals surface area contributed by atoms with E-state index < -0.39 is 5.97 Å². The number of ether oxygens (including phenoxy) is 1. The zero-order valence-corrected chi connectivity index (χ0v) is 20.3. The Bertz CT molecular complexity index is 1110. The van der Waals surface area contributed by atoms with Crippen molar-refractivity contribution in [2.75, 3.05) is 11.5 Å². The Labute approximate surface area is 203 Å². The summed E-state index contributed by atoms with van der Waals surface area (Å²) in [5.41, 5.74) is 2.99. The molecule has 0 aliphatic heterocycles. The van der Waals surface area contributed by atoms with Gasteiger partial charge in [0, 0.05) is 29.2 Å². The lowest BCUT2D eigenvalue weighted by molar-refractivity contribution is -0.122. The number of carbonyl (C=O) groups is 2. The molecule has 1 aliphatic rings. The third-order valence-corrected chi connectivity index (χ3v) is 7.13. The maximum absolute atomic E-state index is 13.2. The number of esters is 1. The predicted octanol–water partition coefficient (Wildman–Crippen LogP) is 5.50. The molecule has 0 bridgehead atoms. The number of anilines is 1. The van der Waals surface area contributed by atoms with Crippen LogP contribution in [0.2, 0.25) is 0 Å². The van der Waals surface area contributed by atoms with Gasteiger partial charge in [0.15, 0.2) is 6.61 Å². The molecule has 2 heterocycles. The molecular weight excluding hydrogens is 450 g/mol. The van der Waals surface area contributed by atoms with Gasteiger partial charge < -0.3 is 14.2 Å². The second-order valence-corrected chi connectivity index (χ2v) is 9.38. The van der Waals surface area contributed by atoms with Crippen LogP contribution in [-0.4, -0.2) is 34.7 Å². The summed E-state index contributed by atoms with van der Waals surface area (Å²) in [6, 6.07) is 13.1. The van der Waals surface area contributed by atoms with E-state index in [0.29, 0.717) is 16.3 Å². The fourth-order valence-electron chi connectivity index (χ4n) is 4.27. The van der Waals surface area contributed by atoms with Crippen molar-refractivity contribution < 1.29 is 18.8 Å². The molecule has 0 saturated heterocycles. The molecule has 1 fully saturated rings. The second kappa shape index (κ2) is 11.3. The standard InChI is InChI=1S/C26H29N3O4S/c1-18-23(19(2)33-28-18)17-34-25-22(14-9-15-27-25)26(31)32-16-24(30)29(20-10-5-3-6-11-20)21-12-7-4-8-13-21/h3,5-6,9-11,14-15,21H,4,7-8,12-13,16-17H2,1-2H3. The molecule has 3 aromatic rings. The molecule has 1 aliphatic carbocycles. The summed E-state index contributed by atoms with van der Waals surface area (Å²) < 4.78 is 10.7. The Kier molecular flexibility index (Phi) is 8.00. The minimum absolute atomic E-state index is 0.127. The Morgan fingerprint density at radius 3 is 2.56 bits per heavy atom. The van der Waals surface area contributed by atoms with Crippen LogP contribution in [0.15, 0.2) is 58.2 Å². The number of aryl methyl sites for hydroxylation is 2. The monoisotopic (exact) mass is 479 g/mol. The number of hydrogen-bond donors (Lipinski definition) is 0. The largest absolute Gasteiger partial charge is 0.452 e. The number of hydrogen-bond acceptors (Lipinski definition) is 7. The van der Waals surface area contributed by atoms with Crippen molar-refractivity contribution in [3.63, 3.8) is 0 Å². The van der Waals surface area contributed by atoms with Gasteiger partial charge in [-0.2, -0.15) is 0 Å². The topological polar surface area (TPSA) is 85.5 Å². The number of rotatable bonds is 8. The quantitative estimate of drug-likeness (QED) is 0.311. The lowest BCUT2D eigenvalue weighted by Crippen LogP contribution is -2.43. The van der Waals surface area contributed by atoms with Crippen molar-refractivity contribution in [3.8, 4) is 0 Å². The molecule has 4 rings (SSSR count). The number of benzene rings is 1. The van der Waals surface area contributed by atoms with E-state index >= 15 is 0 Å². The van der Waals surface area contributed by atoms with Crippen molar-refractivity contribution in [2.24, 2.45) is 0 Å². The number of nitrogens with zero attached hydrogens (tertiary/aromatic N) is 3. The van der Waals surface area contributed by atoms with Gasteiger partial charge in [-0.25, -0.2) is 9.78 Å². The maximum Gasteiger partial charge on any atom is 0.341 e. The average Bonchev–Trinajstić information content (AvgIpc) is 3.19. The molecule has 34 heavy (non-hydrogen) atoms. The van der Waals surface area contributed by atoms with Gasteiger partial charge in [-0.05, 0) is 51.0 Å². The first-order valence-corrected chi connectivity index (χ1v) is 12.6. The fourth-order valence-corrected chi connectivity index (χ4v) is 5.41. The molecule has 1 aromatic carbocycles. The van der Waals surface area contributed by atoms with E-state index in [-0.39, 0.29) is 18.6 Å². The summed E-state index contributed by atoms with van der Waals surface area (Å²) in [5.74, 6) is 0.555. The van der Waals surface area contributed by atoms with Crippen LogP contribution < -0.4 is 4.90 Å². The summed E-state index contributed by atoms with van der Waals surface area (Å²) in [7, 11) is 0. The maximum atomic E-state index is 13.2. The summed E-state index contributed by atoms with van der Waals surface area (Å²) in [6.45, 7) is 3.43. The molecule has 8 heteroatoms. The van der Waals surface area contributed by atoms with Crippen LogP contribution in [-0.2, 0) is 15.3 Å². The van der Waals surface area contributed by atoms with E-state index in [0.717, 1.165) is 48.4 Å². The Hall–Kier alpha value is -3.13. The summed E-state index contributed by atoms with van der Waals surface area (Å²) in [6.07, 6.45) is 6.94. The van der Waals surface area contributed by atoms with E-state index in [9.17, 15) is 9.59 Å². The number of aromatic nitrogens is 2. The van der Waals surface area contributed by atoms with Crippen molar-refractivity contribution >= 4 is 29.3 Å². The molecule has 178 valence electrons. The summed E-state index contributed by atoms with van der Waals surface area (Å²) in [5, 5.41) is 4.52. The first-order valence-electron chi connectivity index (χ1n) is 11.6. The molecule has 0 radical (unpaired) electrons. The van der Waals surface area contributed by atoms with E-state index in [1.54, 1.807) is 18.3 Å². The van der Waals surface area contributed by atoms with Crippen molar-refractivity contribution in [3.05, 3.63) is 71.2 Å². The Balaban J connectivity index is 1.43. The second-order valence-electron chi connectivity index (χ2n) is 8.41. The fraction of sp³-hybridized carbons (Fsp3) is 0.385. The number of amides is 1. The van der Waals surface area contributed by atoms with Crippen LogP contribution in [0.1, 0.15) is 59.5 Å². The lowest BCUT2D eigenvalue weighted by atomic mass is 9.93. The minimum Gasteiger partial charge on any atom is -0.452 e. The Morgan fingerprint density at radius 2 is 1.85 bits per heavy atom. The van der Waals surface area contributed by atoms with Crippen LogP contribution >= 0.6 is 11.8 Å². The van der Waals surface area contributed by atoms with E-state index in [1.165, 1.54) is 18.2 Å². The molecule has 1 saturated carbocycles. The van der Waals surface area contributed by atoms with Crippen LogP contribution in [0.4, 0.5) is 5.69 Å². The molecular formula is C26H29N3O4S. The molecule has 0 N–H and O–H groups in total. The van der Waals surface area contributed by atoms with Gasteiger partial charge in [0.2, 0.25) is 0 Å². The van der Waals surface area contributed by atoms with Crippen molar-refractivity contribution in [1.29, 1.82) is 0 Å². The van der Waals surface area contributed by atoms with Gasteiger partial charge in [0.05, 0.1) is 11.3 Å². The highest BCUT2D eigenvalue weighted by atomic mass is 32.2. The minimum atomic E-state index is -0.556. The van der Waals surface area contributed by atoms with Crippen LogP contribution in [0.5, 0.6) is 0 Å². The van der Waals surface area contributed by atoms with E-state index in [2.05, 4.69) is 10.1 Å². The number of pyridine rings is 1. The average molecular weight is 480 g/mol. The highest BCUT2D eigenvalue weighted by Crippen LogP contribution is 2.29. The first kappa shape index (κ1) is 24.0. The molecule has 0 atom stereocenters. The van der Waals surface area contributed by atoms with Gasteiger partial charge in [-0.15, -0.1) is 11.8 Å². The van der Waals surface area contributed by atoms with E-state index in [1.807, 2.05) is 49.1 Å². The van der Waals surface area contributed by atoms with Crippen molar-refractivity contribution in [2.45, 2.75) is 62.8 Å². The predicted molar refractivity (Wildman–Crippen MR) is 131 cm³/mol. The number of carbonyl (C=O) groups excluding carboxylic acids is 2. The molecule has 2 aromatic heterocycles. The van der Waals surface area contributed by atoms with Gasteiger partial charge in [0.1, 0.15) is 10.8 Å². The zero-order chi connectivity index (χ0) is 23.9. The molecule has 7 nitrogen and oxygen atoms in total. The third kappa shape index (κ3) is 5.67. The van der Waals surface area contributed by atoms with Crippen molar-refractivity contribution in [1.82, 2.24) is 10.1 Å². The first-order chi connectivity index (χ1) is 16.5. The van der Waals surface area contributed by atoms with Gasteiger partial charge in [-0.3, -0.25) is 4.79 Å². The van der Waals surface area contributed by atoms with Crippen LogP contribution in [0.25, 0.3) is 0 Å². The number of thioether (sulfide) groups is 1. The van der Waals surface area contributed by atoms with Gasteiger partial charge in [0.25, 0.3) is 5.91 Å². The van der Waals surface area contributed by atoms with Crippen LogP contribution in [0, 0.1) is 13.8 Å². The molecule has 1 amide bonds. The lowest BCUT2D eigenvalue weighted by Gasteiger charge is -2.34. The SMILES string of the molecule is Cc1noc(C)c1CSc1ncccc1C(=O)OCC(=O)N(c1ccccc1)C1CCCCC1. The van der Waals surface area contributed by atoms with Gasteiger partial charge in [-0.1, -0.05) is 42.6 Å². The van der Waals surface area contributed by atoms with E-state index in [4.69, 9.17) is 9.26 Å². The highest BCUT2D eigenvalue weighted by molar-refractivity contribution is 7.98. The normalized spacial score (nSPS) is 14.1. The molecule has 0 spiro atoms. The molecule has 0 unspecified atom stereocenters. The zero-order valence-electron chi connectivity index (χ0n) is 19.5.